The fourth-order valence-corrected chi connectivity index (χ4v) is 9.73. The number of nitro benzene ring substituents is 2. The van der Waals surface area contributed by atoms with Gasteiger partial charge in [-0.15, -0.1) is 0 Å². The number of amides is 4. The van der Waals surface area contributed by atoms with Crippen LogP contribution in [0.5, 0.6) is 0 Å². The topological polar surface area (TPSA) is 161 Å². The van der Waals surface area contributed by atoms with Crippen LogP contribution >= 0.6 is 0 Å². The predicted molar refractivity (Wildman–Crippen MR) is 222 cm³/mol. The van der Waals surface area contributed by atoms with Crippen LogP contribution in [-0.2, 0) is 0 Å². The molecule has 0 aromatic heterocycles. The van der Waals surface area contributed by atoms with Crippen molar-refractivity contribution in [3.63, 3.8) is 0 Å². The van der Waals surface area contributed by atoms with Crippen LogP contribution in [0.3, 0.4) is 0 Å². The highest BCUT2D eigenvalue weighted by atomic mass is 16.6. The first kappa shape index (κ1) is 42.0. The number of unbranched alkanes of at least 4 members (excludes halogenated alkanes) is 3. The summed E-state index contributed by atoms with van der Waals surface area (Å²) < 4.78 is 1.42. The van der Waals surface area contributed by atoms with Crippen molar-refractivity contribution < 1.29 is 38.0 Å². The zero-order valence-electron chi connectivity index (χ0n) is 34.8. The van der Waals surface area contributed by atoms with Crippen LogP contribution in [0.1, 0.15) is 94.8 Å². The summed E-state index contributed by atoms with van der Waals surface area (Å²) in [6.45, 7) is 12.0. The molecule has 0 N–H and O–H groups in total. The third-order valence-corrected chi connectivity index (χ3v) is 11.5. The van der Waals surface area contributed by atoms with E-state index < -0.39 is 44.3 Å². The van der Waals surface area contributed by atoms with Crippen molar-refractivity contribution in [2.75, 3.05) is 67.5 Å². The van der Waals surface area contributed by atoms with E-state index in [1.165, 1.54) is 34.1 Å². The third-order valence-electron chi connectivity index (χ3n) is 11.5. The minimum absolute atomic E-state index is 0.132. The highest BCUT2D eigenvalue weighted by molar-refractivity contribution is 6.27. The molecular formula is C44H54N6O8+2. The van der Waals surface area contributed by atoms with Gasteiger partial charge in [0.05, 0.1) is 75.0 Å². The number of carbonyl (C=O) groups excluding carboxylic acids is 4. The van der Waals surface area contributed by atoms with Gasteiger partial charge in [0.1, 0.15) is 0 Å². The lowest BCUT2D eigenvalue weighted by Gasteiger charge is -2.40. The number of hydrogen-bond acceptors (Lipinski definition) is 8. The summed E-state index contributed by atoms with van der Waals surface area (Å²) in [4.78, 5) is 79.5. The Morgan fingerprint density at radius 1 is 0.517 bits per heavy atom. The van der Waals surface area contributed by atoms with Gasteiger partial charge in [0.25, 0.3) is 35.0 Å². The lowest BCUT2D eigenvalue weighted by atomic mass is 9.87. The Hall–Kier alpha value is -5.60. The van der Waals surface area contributed by atoms with Crippen molar-refractivity contribution in [3.05, 3.63) is 103 Å². The second kappa shape index (κ2) is 15.3. The van der Waals surface area contributed by atoms with Crippen LogP contribution in [0.4, 0.5) is 11.4 Å². The highest BCUT2D eigenvalue weighted by Crippen LogP contribution is 2.38. The SMILES string of the molecule is CC(C)(CN1C(=O)c2cccc3c([N+](=O)[O-])ccc(c23)C1=O)C[N+](C)(C)CCCCCC[N+](C)(C)CC(C)(C)CN1C(=O)c2cccc3c([N+](=O)[O-])ccc(c23)C1=O. The lowest BCUT2D eigenvalue weighted by molar-refractivity contribution is -0.897. The van der Waals surface area contributed by atoms with Gasteiger partial charge in [-0.2, -0.15) is 0 Å². The van der Waals surface area contributed by atoms with Gasteiger partial charge in [-0.05, 0) is 62.1 Å². The summed E-state index contributed by atoms with van der Waals surface area (Å²) >= 11 is 0. The third kappa shape index (κ3) is 8.35. The maximum absolute atomic E-state index is 13.7. The van der Waals surface area contributed by atoms with Gasteiger partial charge in [-0.25, -0.2) is 0 Å². The van der Waals surface area contributed by atoms with Crippen LogP contribution in [-0.4, -0.2) is 120 Å². The molecule has 2 aliphatic heterocycles. The molecule has 14 heteroatoms. The van der Waals surface area contributed by atoms with E-state index >= 15 is 0 Å². The summed E-state index contributed by atoms with van der Waals surface area (Å²) in [6, 6.07) is 15.2. The molecule has 58 heavy (non-hydrogen) atoms. The minimum atomic E-state index is -0.496. The van der Waals surface area contributed by atoms with Crippen LogP contribution < -0.4 is 0 Å². The molecule has 0 fully saturated rings. The van der Waals surface area contributed by atoms with Gasteiger partial charge in [-0.3, -0.25) is 49.2 Å². The van der Waals surface area contributed by atoms with Gasteiger partial charge in [-0.1, -0.05) is 39.8 Å². The molecular weight excluding hydrogens is 741 g/mol. The fourth-order valence-electron chi connectivity index (χ4n) is 9.73. The Kier molecular flexibility index (Phi) is 11.1. The Morgan fingerprint density at radius 3 is 1.17 bits per heavy atom. The monoisotopic (exact) mass is 794 g/mol. The quantitative estimate of drug-likeness (QED) is 0.0350. The van der Waals surface area contributed by atoms with Crippen LogP contribution in [0.25, 0.3) is 21.5 Å². The van der Waals surface area contributed by atoms with Crippen LogP contribution in [0, 0.1) is 31.1 Å². The Bertz CT molecular complexity index is 2170. The Balaban J connectivity index is 0.978. The maximum atomic E-state index is 13.7. The molecule has 0 unspecified atom stereocenters. The van der Waals surface area contributed by atoms with Crippen molar-refractivity contribution in [3.8, 4) is 0 Å². The first-order chi connectivity index (χ1) is 27.0. The highest BCUT2D eigenvalue weighted by Gasteiger charge is 2.41. The number of rotatable bonds is 17. The van der Waals surface area contributed by atoms with E-state index in [0.29, 0.717) is 42.0 Å². The summed E-state index contributed by atoms with van der Waals surface area (Å²) in [5, 5.41) is 24.5. The second-order valence-corrected chi connectivity index (χ2v) is 19.0. The van der Waals surface area contributed by atoms with E-state index in [1.807, 2.05) is 0 Å². The number of benzene rings is 4. The van der Waals surface area contributed by atoms with E-state index in [2.05, 4.69) is 55.9 Å². The molecule has 14 nitrogen and oxygen atoms in total. The van der Waals surface area contributed by atoms with E-state index in [1.54, 1.807) is 36.4 Å². The van der Waals surface area contributed by atoms with Gasteiger partial charge in [0.2, 0.25) is 0 Å². The summed E-state index contributed by atoms with van der Waals surface area (Å²) in [5.74, 6) is -1.73. The van der Waals surface area contributed by atoms with Gasteiger partial charge in [0, 0.05) is 69.1 Å². The molecule has 0 radical (unpaired) electrons. The van der Waals surface area contributed by atoms with Crippen molar-refractivity contribution in [2.24, 2.45) is 10.8 Å². The zero-order chi connectivity index (χ0) is 42.5. The van der Waals surface area contributed by atoms with Gasteiger partial charge < -0.3 is 8.97 Å². The summed E-state index contributed by atoms with van der Waals surface area (Å²) in [7, 11) is 8.66. The maximum Gasteiger partial charge on any atom is 0.277 e. The normalized spacial score (nSPS) is 14.9. The van der Waals surface area contributed by atoms with E-state index in [4.69, 9.17) is 0 Å². The predicted octanol–water partition coefficient (Wildman–Crippen LogP) is 7.47. The van der Waals surface area contributed by atoms with E-state index in [0.717, 1.165) is 51.9 Å². The molecule has 4 aromatic rings. The number of nitrogens with zero attached hydrogens (tertiary/aromatic N) is 6. The van der Waals surface area contributed by atoms with Gasteiger partial charge >= 0.3 is 0 Å². The van der Waals surface area contributed by atoms with Crippen molar-refractivity contribution in [2.45, 2.75) is 53.4 Å². The van der Waals surface area contributed by atoms with E-state index in [-0.39, 0.29) is 35.2 Å². The van der Waals surface area contributed by atoms with Crippen LogP contribution in [0.2, 0.25) is 0 Å². The lowest BCUT2D eigenvalue weighted by Crippen LogP contribution is -2.53. The average Bonchev–Trinajstić information content (AvgIpc) is 3.12. The number of nitro groups is 2. The molecule has 0 aliphatic carbocycles. The smallest absolute Gasteiger partial charge is 0.277 e. The molecule has 306 valence electrons. The number of hydrogen-bond donors (Lipinski definition) is 0. The van der Waals surface area contributed by atoms with Gasteiger partial charge in [0.15, 0.2) is 0 Å². The molecule has 0 spiro atoms. The molecule has 2 heterocycles. The summed E-state index contributed by atoms with van der Waals surface area (Å²) in [5.41, 5.74) is 0.140. The molecule has 2 aliphatic rings. The first-order valence-electron chi connectivity index (χ1n) is 19.8. The molecule has 0 atom stereocenters. The van der Waals surface area contributed by atoms with Crippen molar-refractivity contribution >= 4 is 56.5 Å². The standard InChI is InChI=1S/C44H54N6O8/c1-43(2,25-45-39(51)31-17-13-15-29-35(47(55)56)21-19-33(37(29)31)41(45)53)27-49(5,6)23-11-9-10-12-24-50(7,8)28-44(3,4)26-46-40(52)32-18-14-16-30-36(48(57)58)22-20-34(38(30)32)42(46)54/h13-22H,9-12,23-28H2,1-8H3/q+2. The largest absolute Gasteiger partial charge is 0.328 e. The zero-order valence-corrected chi connectivity index (χ0v) is 34.8. The minimum Gasteiger partial charge on any atom is -0.328 e. The Morgan fingerprint density at radius 2 is 0.845 bits per heavy atom. The fraction of sp³-hybridized carbons (Fsp3) is 0.455. The molecule has 6 rings (SSSR count). The molecule has 0 saturated heterocycles. The van der Waals surface area contributed by atoms with Crippen molar-refractivity contribution in [1.82, 2.24) is 9.80 Å². The number of quaternary nitrogens is 2. The number of imide groups is 2. The van der Waals surface area contributed by atoms with E-state index in [9.17, 15) is 39.4 Å². The molecule has 4 amide bonds. The Labute approximate surface area is 338 Å². The number of non-ortho nitro benzene ring substituents is 2. The van der Waals surface area contributed by atoms with Crippen molar-refractivity contribution in [1.29, 1.82) is 0 Å². The molecule has 0 bridgehead atoms. The first-order valence-corrected chi connectivity index (χ1v) is 19.8. The number of carbonyl (C=O) groups is 4. The van der Waals surface area contributed by atoms with Crippen LogP contribution in [0.15, 0.2) is 60.7 Å². The summed E-state index contributed by atoms with van der Waals surface area (Å²) in [6.07, 6.45) is 4.10. The molecule has 0 saturated carbocycles. The second-order valence-electron chi connectivity index (χ2n) is 19.0. The average molecular weight is 795 g/mol. The molecule has 4 aromatic carbocycles.